The highest BCUT2D eigenvalue weighted by Crippen LogP contribution is 2.36. The van der Waals surface area contributed by atoms with Crippen LogP contribution in [0.25, 0.3) is 11.3 Å². The molecule has 1 aliphatic rings. The number of rotatable bonds is 3. The van der Waals surface area contributed by atoms with E-state index < -0.39 is 0 Å². The largest absolute Gasteiger partial charge is 0.454 e. The highest BCUT2D eigenvalue weighted by molar-refractivity contribution is 9.10. The number of ether oxygens (including phenoxy) is 2. The Morgan fingerprint density at radius 2 is 2.04 bits per heavy atom. The normalized spacial score (nSPS) is 12.2. The maximum Gasteiger partial charge on any atom is 0.258 e. The van der Waals surface area contributed by atoms with E-state index in [1.165, 1.54) is 11.3 Å². The van der Waals surface area contributed by atoms with Crippen LogP contribution in [0.3, 0.4) is 0 Å². The number of nitrogens with one attached hydrogen (secondary N) is 1. The highest BCUT2D eigenvalue weighted by Gasteiger charge is 2.16. The molecule has 0 bridgehead atoms. The molecular weight excluding hydrogens is 428 g/mol. The summed E-state index contributed by atoms with van der Waals surface area (Å²) in [5, 5.41) is 5.52. The minimum atomic E-state index is -0.302. The van der Waals surface area contributed by atoms with Crippen LogP contribution in [0.15, 0.2) is 46.3 Å². The molecule has 1 aliphatic heterocycles. The Hall–Kier alpha value is -2.09. The topological polar surface area (TPSA) is 60.5 Å². The van der Waals surface area contributed by atoms with Gasteiger partial charge in [-0.3, -0.25) is 10.1 Å². The summed E-state index contributed by atoms with van der Waals surface area (Å²) in [5.41, 5.74) is 2.04. The van der Waals surface area contributed by atoms with E-state index in [9.17, 15) is 4.79 Å². The molecule has 0 fully saturated rings. The van der Waals surface area contributed by atoms with Crippen LogP contribution in [0.1, 0.15) is 10.4 Å². The number of benzene rings is 2. The van der Waals surface area contributed by atoms with Crippen molar-refractivity contribution in [3.05, 3.63) is 56.8 Å². The maximum atomic E-state index is 12.4. The molecule has 25 heavy (non-hydrogen) atoms. The molecule has 2 aromatic carbocycles. The van der Waals surface area contributed by atoms with Crippen molar-refractivity contribution in [2.75, 3.05) is 12.1 Å². The van der Waals surface area contributed by atoms with Gasteiger partial charge in [-0.1, -0.05) is 27.5 Å². The Morgan fingerprint density at radius 3 is 2.88 bits per heavy atom. The van der Waals surface area contributed by atoms with Gasteiger partial charge in [-0.15, -0.1) is 11.3 Å². The summed E-state index contributed by atoms with van der Waals surface area (Å²) in [5.74, 6) is 1.11. The van der Waals surface area contributed by atoms with Crippen molar-refractivity contribution in [1.82, 2.24) is 4.98 Å². The average Bonchev–Trinajstić information content (AvgIpc) is 3.22. The lowest BCUT2D eigenvalue weighted by atomic mass is 10.1. The highest BCUT2D eigenvalue weighted by atomic mass is 79.9. The number of carbonyl (C=O) groups is 1. The summed E-state index contributed by atoms with van der Waals surface area (Å²) < 4.78 is 11.5. The van der Waals surface area contributed by atoms with Crippen molar-refractivity contribution in [1.29, 1.82) is 0 Å². The maximum absolute atomic E-state index is 12.4. The fourth-order valence-electron chi connectivity index (χ4n) is 2.36. The van der Waals surface area contributed by atoms with Gasteiger partial charge in [-0.25, -0.2) is 4.98 Å². The summed E-state index contributed by atoms with van der Waals surface area (Å²) in [6.07, 6.45) is 0. The van der Waals surface area contributed by atoms with Gasteiger partial charge in [0.25, 0.3) is 5.91 Å². The molecular formula is C17H10BrClN2O3S. The van der Waals surface area contributed by atoms with Gasteiger partial charge in [0.1, 0.15) is 0 Å². The third kappa shape index (κ3) is 3.35. The van der Waals surface area contributed by atoms with Crippen molar-refractivity contribution in [2.45, 2.75) is 0 Å². The summed E-state index contributed by atoms with van der Waals surface area (Å²) in [6, 6.07) is 10.7. The lowest BCUT2D eigenvalue weighted by Crippen LogP contribution is -2.12. The second-order valence-electron chi connectivity index (χ2n) is 5.18. The molecule has 5 nitrogen and oxygen atoms in total. The number of thiazole rings is 1. The predicted octanol–water partition coefficient (Wildman–Crippen LogP) is 5.21. The number of fused-ring (bicyclic) bond motifs is 1. The van der Waals surface area contributed by atoms with E-state index in [2.05, 4.69) is 26.2 Å². The molecule has 0 unspecified atom stereocenters. The Kier molecular flexibility index (Phi) is 4.37. The van der Waals surface area contributed by atoms with E-state index in [1.807, 2.05) is 23.6 Å². The van der Waals surface area contributed by atoms with E-state index in [-0.39, 0.29) is 12.7 Å². The van der Waals surface area contributed by atoms with Crippen LogP contribution in [0.5, 0.6) is 11.5 Å². The summed E-state index contributed by atoms with van der Waals surface area (Å²) >= 11 is 10.8. The third-order valence-electron chi connectivity index (χ3n) is 3.57. The molecule has 4 rings (SSSR count). The molecule has 1 aromatic heterocycles. The van der Waals surface area contributed by atoms with Gasteiger partial charge < -0.3 is 9.47 Å². The number of hydrogen-bond acceptors (Lipinski definition) is 5. The standard InChI is InChI=1S/C17H10BrClN2O3S/c18-10-2-3-11(12(19)6-10)16(22)21-17-20-13(7-25-17)9-1-4-14-15(5-9)24-8-23-14/h1-7H,8H2,(H,20,21,22). The number of amides is 1. The Balaban J connectivity index is 1.54. The molecule has 3 aromatic rings. The number of halogens is 2. The summed E-state index contributed by atoms with van der Waals surface area (Å²) in [6.45, 7) is 0.227. The first-order valence-electron chi connectivity index (χ1n) is 7.22. The summed E-state index contributed by atoms with van der Waals surface area (Å²) in [4.78, 5) is 16.8. The van der Waals surface area contributed by atoms with Crippen LogP contribution in [0.2, 0.25) is 5.02 Å². The smallest absolute Gasteiger partial charge is 0.258 e. The van der Waals surface area contributed by atoms with Gasteiger partial charge in [0, 0.05) is 15.4 Å². The molecule has 1 N–H and O–H groups in total. The molecule has 1 amide bonds. The minimum absolute atomic E-state index is 0.227. The average molecular weight is 438 g/mol. The first-order chi connectivity index (χ1) is 12.1. The molecule has 0 saturated heterocycles. The van der Waals surface area contributed by atoms with Crippen molar-refractivity contribution in [3.63, 3.8) is 0 Å². The lowest BCUT2D eigenvalue weighted by molar-refractivity contribution is 0.102. The van der Waals surface area contributed by atoms with E-state index in [0.717, 1.165) is 21.5 Å². The second-order valence-corrected chi connectivity index (χ2v) is 7.37. The number of hydrogen-bond donors (Lipinski definition) is 1. The van der Waals surface area contributed by atoms with Crippen LogP contribution >= 0.6 is 38.9 Å². The van der Waals surface area contributed by atoms with Crippen LogP contribution in [-0.4, -0.2) is 17.7 Å². The van der Waals surface area contributed by atoms with Crippen LogP contribution in [-0.2, 0) is 0 Å². The predicted molar refractivity (Wildman–Crippen MR) is 101 cm³/mol. The van der Waals surface area contributed by atoms with Crippen molar-refractivity contribution < 1.29 is 14.3 Å². The first kappa shape index (κ1) is 16.4. The van der Waals surface area contributed by atoms with Gasteiger partial charge in [-0.2, -0.15) is 0 Å². The van der Waals surface area contributed by atoms with Crippen molar-refractivity contribution in [2.24, 2.45) is 0 Å². The first-order valence-corrected chi connectivity index (χ1v) is 9.27. The Labute approximate surface area is 160 Å². The fraction of sp³-hybridized carbons (Fsp3) is 0.0588. The van der Waals surface area contributed by atoms with E-state index >= 15 is 0 Å². The van der Waals surface area contributed by atoms with Gasteiger partial charge in [0.2, 0.25) is 6.79 Å². The Morgan fingerprint density at radius 1 is 1.20 bits per heavy atom. The van der Waals surface area contributed by atoms with Gasteiger partial charge in [0.15, 0.2) is 16.6 Å². The van der Waals surface area contributed by atoms with Crippen molar-refractivity contribution >= 4 is 49.9 Å². The van der Waals surface area contributed by atoms with Crippen LogP contribution < -0.4 is 14.8 Å². The third-order valence-corrected chi connectivity index (χ3v) is 5.13. The van der Waals surface area contributed by atoms with E-state index in [1.54, 1.807) is 18.2 Å². The number of nitrogens with zero attached hydrogens (tertiary/aromatic N) is 1. The Bertz CT molecular complexity index is 976. The summed E-state index contributed by atoms with van der Waals surface area (Å²) in [7, 11) is 0. The zero-order chi connectivity index (χ0) is 17.4. The van der Waals surface area contributed by atoms with Crippen LogP contribution in [0, 0.1) is 0 Å². The molecule has 0 aliphatic carbocycles. The SMILES string of the molecule is O=C(Nc1nc(-c2ccc3c(c2)OCO3)cs1)c1ccc(Br)cc1Cl. The minimum Gasteiger partial charge on any atom is -0.454 e. The van der Waals surface area contributed by atoms with Crippen LogP contribution in [0.4, 0.5) is 5.13 Å². The molecule has 0 atom stereocenters. The van der Waals surface area contributed by atoms with E-state index in [0.29, 0.717) is 21.5 Å². The van der Waals surface area contributed by atoms with E-state index in [4.69, 9.17) is 21.1 Å². The van der Waals surface area contributed by atoms with Gasteiger partial charge >= 0.3 is 0 Å². The molecule has 8 heteroatoms. The zero-order valence-electron chi connectivity index (χ0n) is 12.6. The quantitative estimate of drug-likeness (QED) is 0.611. The van der Waals surface area contributed by atoms with Crippen molar-refractivity contribution in [3.8, 4) is 22.8 Å². The monoisotopic (exact) mass is 436 g/mol. The van der Waals surface area contributed by atoms with Gasteiger partial charge in [0.05, 0.1) is 16.3 Å². The second kappa shape index (κ2) is 6.67. The number of anilines is 1. The zero-order valence-corrected chi connectivity index (χ0v) is 15.7. The fourth-order valence-corrected chi connectivity index (χ4v) is 3.83. The number of aromatic nitrogens is 1. The molecule has 2 heterocycles. The molecule has 0 radical (unpaired) electrons. The number of carbonyl (C=O) groups excluding carboxylic acids is 1. The van der Waals surface area contributed by atoms with Gasteiger partial charge in [-0.05, 0) is 36.4 Å². The molecule has 0 saturated carbocycles. The lowest BCUT2D eigenvalue weighted by Gasteiger charge is -2.04. The molecule has 126 valence electrons. The molecule has 0 spiro atoms.